The van der Waals surface area contributed by atoms with Crippen LogP contribution in [-0.4, -0.2) is 42.9 Å². The minimum Gasteiger partial charge on any atom is -0.378 e. The molecule has 0 aromatic rings. The lowest BCUT2D eigenvalue weighted by Gasteiger charge is -2.38. The fraction of sp³-hybridized carbons (Fsp3) is 1.00. The lowest BCUT2D eigenvalue weighted by atomic mass is 9.72. The molecule has 21 heavy (non-hydrogen) atoms. The zero-order chi connectivity index (χ0) is 14.8. The van der Waals surface area contributed by atoms with E-state index in [1.807, 2.05) is 0 Å². The summed E-state index contributed by atoms with van der Waals surface area (Å²) in [6.45, 7) is 5.90. The van der Waals surface area contributed by atoms with E-state index in [2.05, 4.69) is 13.8 Å². The van der Waals surface area contributed by atoms with Crippen LogP contribution in [0, 0.1) is 11.8 Å². The lowest BCUT2D eigenvalue weighted by molar-refractivity contribution is -0.0624. The van der Waals surface area contributed by atoms with Crippen molar-refractivity contribution in [3.05, 3.63) is 0 Å². The molecule has 0 spiro atoms. The minimum atomic E-state index is 0.240. The maximum Gasteiger partial charge on any atom is 0.0751 e. The highest BCUT2D eigenvalue weighted by Gasteiger charge is 2.52. The maximum atomic E-state index is 6.43. The first-order valence-corrected chi connectivity index (χ1v) is 9.33. The Hall–Kier alpha value is 0.230. The first-order valence-electron chi connectivity index (χ1n) is 8.81. The Morgan fingerprint density at radius 1 is 1.05 bits per heavy atom. The van der Waals surface area contributed by atoms with E-state index in [4.69, 9.17) is 26.8 Å². The van der Waals surface area contributed by atoms with E-state index in [1.165, 1.54) is 19.3 Å². The first-order chi connectivity index (χ1) is 10.2. The topological polar surface area (TPSA) is 27.7 Å². The Morgan fingerprint density at radius 3 is 2.62 bits per heavy atom. The lowest BCUT2D eigenvalue weighted by Crippen LogP contribution is -2.44. The van der Waals surface area contributed by atoms with Crippen LogP contribution in [0.4, 0.5) is 0 Å². The summed E-state index contributed by atoms with van der Waals surface area (Å²) in [5.41, 5.74) is 0. The monoisotopic (exact) mass is 314 g/mol. The molecule has 0 aromatic heterocycles. The standard InChI is InChI=1S/C17H30O3S/c1-3-9-19-11-5-6-12-13-7-8-14(18-4-2)17(21)16(13)20-15(12)10-11/h11-17,21H,3-10H2,1-2H3. The molecule has 3 nitrogen and oxygen atoms in total. The number of ether oxygens (including phenoxy) is 3. The van der Waals surface area contributed by atoms with Crippen LogP contribution in [0.1, 0.15) is 52.4 Å². The SMILES string of the molecule is CCCOC1CCC2C(C1)OC1C(S)C(OCC)CCC21. The second-order valence-electron chi connectivity index (χ2n) is 6.83. The molecule has 4 heteroatoms. The number of fused-ring (bicyclic) bond motifs is 3. The molecule has 2 saturated carbocycles. The molecule has 0 amide bonds. The van der Waals surface area contributed by atoms with Gasteiger partial charge in [0.15, 0.2) is 0 Å². The van der Waals surface area contributed by atoms with Gasteiger partial charge in [0.25, 0.3) is 0 Å². The largest absolute Gasteiger partial charge is 0.378 e. The molecular weight excluding hydrogens is 284 g/mol. The van der Waals surface area contributed by atoms with E-state index in [9.17, 15) is 0 Å². The first kappa shape index (κ1) is 16.1. The summed E-state index contributed by atoms with van der Waals surface area (Å²) in [6, 6.07) is 0. The second-order valence-corrected chi connectivity index (χ2v) is 7.43. The highest BCUT2D eigenvalue weighted by Crippen LogP contribution is 2.49. The third-order valence-electron chi connectivity index (χ3n) is 5.54. The molecule has 1 aliphatic heterocycles. The number of thiol groups is 1. The third kappa shape index (κ3) is 3.29. The van der Waals surface area contributed by atoms with Gasteiger partial charge in [-0.3, -0.25) is 0 Å². The van der Waals surface area contributed by atoms with Gasteiger partial charge in [-0.25, -0.2) is 0 Å². The summed E-state index contributed by atoms with van der Waals surface area (Å²) in [5, 5.41) is 0.240. The van der Waals surface area contributed by atoms with Crippen LogP contribution in [0.25, 0.3) is 0 Å². The summed E-state index contributed by atoms with van der Waals surface area (Å²) in [4.78, 5) is 0. The van der Waals surface area contributed by atoms with Crippen molar-refractivity contribution in [3.63, 3.8) is 0 Å². The molecule has 0 bridgehead atoms. The van der Waals surface area contributed by atoms with E-state index in [-0.39, 0.29) is 11.4 Å². The van der Waals surface area contributed by atoms with Crippen molar-refractivity contribution in [1.29, 1.82) is 0 Å². The molecule has 0 aromatic carbocycles. The summed E-state index contributed by atoms with van der Waals surface area (Å²) in [6.07, 6.45) is 8.41. The molecule has 3 rings (SSSR count). The quantitative estimate of drug-likeness (QED) is 0.788. The summed E-state index contributed by atoms with van der Waals surface area (Å²) < 4.78 is 18.2. The van der Waals surface area contributed by atoms with Gasteiger partial charge in [-0.15, -0.1) is 0 Å². The van der Waals surface area contributed by atoms with Crippen LogP contribution < -0.4 is 0 Å². The molecule has 7 atom stereocenters. The Bertz CT molecular complexity index is 338. The molecule has 2 aliphatic carbocycles. The average Bonchev–Trinajstić information content (AvgIpc) is 2.87. The van der Waals surface area contributed by atoms with Crippen LogP contribution in [0.3, 0.4) is 0 Å². The van der Waals surface area contributed by atoms with Gasteiger partial charge in [0.05, 0.1) is 29.7 Å². The summed E-state index contributed by atoms with van der Waals surface area (Å²) >= 11 is 4.84. The van der Waals surface area contributed by atoms with E-state index >= 15 is 0 Å². The van der Waals surface area contributed by atoms with Crippen LogP contribution in [-0.2, 0) is 14.2 Å². The highest BCUT2D eigenvalue weighted by atomic mass is 32.1. The van der Waals surface area contributed by atoms with E-state index in [1.54, 1.807) is 0 Å². The second kappa shape index (κ2) is 7.20. The molecule has 7 unspecified atom stereocenters. The van der Waals surface area contributed by atoms with Crippen molar-refractivity contribution in [2.45, 2.75) is 82.0 Å². The normalized spacial score (nSPS) is 46.1. The van der Waals surface area contributed by atoms with E-state index in [0.717, 1.165) is 38.4 Å². The van der Waals surface area contributed by atoms with Gasteiger partial charge in [-0.1, -0.05) is 6.92 Å². The summed E-state index contributed by atoms with van der Waals surface area (Å²) in [5.74, 6) is 1.43. The molecule has 1 heterocycles. The van der Waals surface area contributed by atoms with Gasteiger partial charge < -0.3 is 14.2 Å². The van der Waals surface area contributed by atoms with E-state index < -0.39 is 0 Å². The zero-order valence-corrected chi connectivity index (χ0v) is 14.3. The average molecular weight is 314 g/mol. The minimum absolute atomic E-state index is 0.240. The van der Waals surface area contributed by atoms with E-state index in [0.29, 0.717) is 24.2 Å². The van der Waals surface area contributed by atoms with Crippen LogP contribution in [0.2, 0.25) is 0 Å². The Balaban J connectivity index is 1.60. The van der Waals surface area contributed by atoms with Gasteiger partial charge >= 0.3 is 0 Å². The number of hydrogen-bond donors (Lipinski definition) is 1. The predicted octanol–water partition coefficient (Wildman–Crippen LogP) is 3.46. The van der Waals surface area contributed by atoms with Gasteiger partial charge in [-0.2, -0.15) is 12.6 Å². The van der Waals surface area contributed by atoms with Crippen LogP contribution in [0.15, 0.2) is 0 Å². The summed E-state index contributed by atoms with van der Waals surface area (Å²) in [7, 11) is 0. The molecule has 1 saturated heterocycles. The number of hydrogen-bond acceptors (Lipinski definition) is 4. The molecule has 0 radical (unpaired) electrons. The Labute approximate surface area is 134 Å². The zero-order valence-electron chi connectivity index (χ0n) is 13.4. The third-order valence-corrected chi connectivity index (χ3v) is 6.17. The van der Waals surface area contributed by atoms with Gasteiger partial charge in [0.2, 0.25) is 0 Å². The van der Waals surface area contributed by atoms with Crippen molar-refractivity contribution in [3.8, 4) is 0 Å². The molecular formula is C17H30O3S. The highest BCUT2D eigenvalue weighted by molar-refractivity contribution is 7.81. The smallest absolute Gasteiger partial charge is 0.0751 e. The van der Waals surface area contributed by atoms with Crippen molar-refractivity contribution in [2.24, 2.45) is 11.8 Å². The molecule has 0 N–H and O–H groups in total. The predicted molar refractivity (Wildman–Crippen MR) is 86.9 cm³/mol. The van der Waals surface area contributed by atoms with Crippen molar-refractivity contribution in [2.75, 3.05) is 13.2 Å². The van der Waals surface area contributed by atoms with Crippen molar-refractivity contribution >= 4 is 12.6 Å². The maximum absolute atomic E-state index is 6.43. The van der Waals surface area contributed by atoms with Gasteiger partial charge in [0, 0.05) is 19.6 Å². The molecule has 3 aliphatic rings. The Kier molecular flexibility index (Phi) is 5.52. The fourth-order valence-electron chi connectivity index (χ4n) is 4.59. The fourth-order valence-corrected chi connectivity index (χ4v) is 5.12. The van der Waals surface area contributed by atoms with Crippen LogP contribution in [0.5, 0.6) is 0 Å². The Morgan fingerprint density at radius 2 is 1.86 bits per heavy atom. The van der Waals surface area contributed by atoms with Crippen molar-refractivity contribution in [1.82, 2.24) is 0 Å². The molecule has 122 valence electrons. The molecule has 3 fully saturated rings. The van der Waals surface area contributed by atoms with Gasteiger partial charge in [0.1, 0.15) is 0 Å². The van der Waals surface area contributed by atoms with Gasteiger partial charge in [-0.05, 0) is 50.9 Å². The van der Waals surface area contributed by atoms with Crippen molar-refractivity contribution < 1.29 is 14.2 Å². The van der Waals surface area contributed by atoms with Crippen LogP contribution >= 0.6 is 12.6 Å². The number of rotatable bonds is 5.